The van der Waals surface area contributed by atoms with Crippen LogP contribution in [0.2, 0.25) is 5.02 Å². The van der Waals surface area contributed by atoms with Crippen LogP contribution in [-0.4, -0.2) is 30.2 Å². The van der Waals surface area contributed by atoms with Crippen LogP contribution in [0.3, 0.4) is 0 Å². The third-order valence-electron chi connectivity index (χ3n) is 2.04. The van der Waals surface area contributed by atoms with Gasteiger partial charge < -0.3 is 15.2 Å². The maximum atomic E-state index is 10.7. The summed E-state index contributed by atoms with van der Waals surface area (Å²) in [5, 5.41) is 11.9. The zero-order chi connectivity index (χ0) is 11.5. The van der Waals surface area contributed by atoms with Crippen molar-refractivity contribution in [2.24, 2.45) is 4.99 Å². The molecule has 2 rings (SSSR count). The number of anilines is 1. The summed E-state index contributed by atoms with van der Waals surface area (Å²) in [4.78, 5) is 14.8. The number of rotatable bonds is 2. The van der Waals surface area contributed by atoms with Crippen molar-refractivity contribution in [1.82, 2.24) is 0 Å². The number of carboxylic acid groups (broad SMARTS) is 1. The van der Waals surface area contributed by atoms with Gasteiger partial charge in [-0.15, -0.1) is 0 Å². The molecule has 0 aliphatic carbocycles. The molecule has 0 saturated heterocycles. The van der Waals surface area contributed by atoms with Crippen molar-refractivity contribution in [3.8, 4) is 0 Å². The largest absolute Gasteiger partial charge is 0.478 e. The summed E-state index contributed by atoms with van der Waals surface area (Å²) < 4.78 is 5.15. The van der Waals surface area contributed by atoms with Crippen molar-refractivity contribution in [3.63, 3.8) is 0 Å². The molecule has 1 aliphatic rings. The molecule has 5 nitrogen and oxygen atoms in total. The van der Waals surface area contributed by atoms with E-state index in [0.717, 1.165) is 0 Å². The number of ether oxygens (including phenoxy) is 1. The maximum absolute atomic E-state index is 10.7. The fourth-order valence-corrected chi connectivity index (χ4v) is 1.56. The van der Waals surface area contributed by atoms with E-state index in [1.165, 1.54) is 12.1 Å². The van der Waals surface area contributed by atoms with Crippen LogP contribution < -0.4 is 5.32 Å². The first kappa shape index (κ1) is 10.8. The quantitative estimate of drug-likeness (QED) is 0.828. The smallest absolute Gasteiger partial charge is 0.337 e. The van der Waals surface area contributed by atoms with Gasteiger partial charge in [-0.1, -0.05) is 11.6 Å². The zero-order valence-corrected chi connectivity index (χ0v) is 8.99. The topological polar surface area (TPSA) is 70.9 Å². The summed E-state index contributed by atoms with van der Waals surface area (Å²) in [7, 11) is 0. The monoisotopic (exact) mass is 240 g/mol. The summed E-state index contributed by atoms with van der Waals surface area (Å²) in [6.07, 6.45) is 0. The summed E-state index contributed by atoms with van der Waals surface area (Å²) in [5.41, 5.74) is 0.720. The van der Waals surface area contributed by atoms with Crippen molar-refractivity contribution in [2.75, 3.05) is 18.5 Å². The lowest BCUT2D eigenvalue weighted by molar-refractivity contribution is 0.0697. The van der Waals surface area contributed by atoms with E-state index in [-0.39, 0.29) is 10.6 Å². The molecular weight excluding hydrogens is 232 g/mol. The van der Waals surface area contributed by atoms with Gasteiger partial charge in [-0.05, 0) is 18.2 Å². The highest BCUT2D eigenvalue weighted by atomic mass is 35.5. The average molecular weight is 241 g/mol. The molecule has 0 amide bonds. The summed E-state index contributed by atoms with van der Waals surface area (Å²) >= 11 is 5.81. The van der Waals surface area contributed by atoms with Crippen LogP contribution in [0.4, 0.5) is 5.69 Å². The Kier molecular flexibility index (Phi) is 2.96. The molecule has 0 radical (unpaired) electrons. The van der Waals surface area contributed by atoms with E-state index in [0.29, 0.717) is 24.9 Å². The Morgan fingerprint density at radius 2 is 2.38 bits per heavy atom. The molecule has 2 N–H and O–H groups in total. The van der Waals surface area contributed by atoms with E-state index < -0.39 is 5.97 Å². The van der Waals surface area contributed by atoms with Crippen molar-refractivity contribution in [2.45, 2.75) is 0 Å². The minimum atomic E-state index is -1.05. The van der Waals surface area contributed by atoms with E-state index in [9.17, 15) is 4.79 Å². The van der Waals surface area contributed by atoms with E-state index >= 15 is 0 Å². The number of hydrogen-bond donors (Lipinski definition) is 2. The molecule has 1 heterocycles. The van der Waals surface area contributed by atoms with Gasteiger partial charge in [0.05, 0.1) is 17.1 Å². The van der Waals surface area contributed by atoms with Crippen LogP contribution in [0.25, 0.3) is 0 Å². The molecule has 1 aromatic rings. The minimum absolute atomic E-state index is 0.0708. The summed E-state index contributed by atoms with van der Waals surface area (Å²) in [6.45, 7) is 1.19. The average Bonchev–Trinajstić information content (AvgIpc) is 2.70. The highest BCUT2D eigenvalue weighted by Gasteiger charge is 2.11. The van der Waals surface area contributed by atoms with Gasteiger partial charge in [-0.25, -0.2) is 9.79 Å². The van der Waals surface area contributed by atoms with Crippen LogP contribution in [0.15, 0.2) is 23.2 Å². The predicted octanol–water partition coefficient (Wildman–Crippen LogP) is 1.84. The lowest BCUT2D eigenvalue weighted by Crippen LogP contribution is -2.12. The number of nitrogens with one attached hydrogen (secondary N) is 1. The van der Waals surface area contributed by atoms with Crippen LogP contribution in [-0.2, 0) is 4.74 Å². The van der Waals surface area contributed by atoms with Gasteiger partial charge >= 0.3 is 5.97 Å². The van der Waals surface area contributed by atoms with E-state index in [1.54, 1.807) is 6.07 Å². The molecule has 0 spiro atoms. The Hall–Kier alpha value is -1.75. The number of nitrogens with zero attached hydrogens (tertiary/aromatic N) is 1. The Morgan fingerprint density at radius 1 is 1.56 bits per heavy atom. The number of hydrogen-bond acceptors (Lipinski definition) is 4. The van der Waals surface area contributed by atoms with Gasteiger partial charge in [0.1, 0.15) is 6.61 Å². The van der Waals surface area contributed by atoms with Gasteiger partial charge in [0, 0.05) is 5.69 Å². The van der Waals surface area contributed by atoms with Gasteiger partial charge in [-0.3, -0.25) is 0 Å². The molecule has 16 heavy (non-hydrogen) atoms. The second-order valence-corrected chi connectivity index (χ2v) is 3.57. The number of benzene rings is 1. The van der Waals surface area contributed by atoms with Crippen molar-refractivity contribution in [1.29, 1.82) is 0 Å². The number of amidine groups is 1. The standard InChI is InChI=1S/C10H9ClN2O3/c11-8-5-6(1-2-7(8)9(14)15)13-10-12-3-4-16-10/h1-2,5H,3-4H2,(H,12,13)(H,14,15). The number of aliphatic imine (C=N–C) groups is 1. The molecule has 1 aliphatic heterocycles. The molecule has 0 fully saturated rings. The van der Waals surface area contributed by atoms with E-state index in [4.69, 9.17) is 21.4 Å². The summed E-state index contributed by atoms with van der Waals surface area (Å²) in [5.74, 6) is -1.05. The molecule has 0 unspecified atom stereocenters. The zero-order valence-electron chi connectivity index (χ0n) is 8.24. The first-order valence-corrected chi connectivity index (χ1v) is 5.02. The second-order valence-electron chi connectivity index (χ2n) is 3.16. The highest BCUT2D eigenvalue weighted by molar-refractivity contribution is 6.33. The lowest BCUT2D eigenvalue weighted by Gasteiger charge is -2.06. The van der Waals surface area contributed by atoms with Gasteiger partial charge in [0.2, 0.25) is 0 Å². The van der Waals surface area contributed by atoms with Gasteiger partial charge in [0.15, 0.2) is 0 Å². The van der Waals surface area contributed by atoms with Crippen LogP contribution in [0.1, 0.15) is 10.4 Å². The summed E-state index contributed by atoms with van der Waals surface area (Å²) in [6, 6.07) is 5.00. The molecule has 1 aromatic carbocycles. The van der Waals surface area contributed by atoms with Gasteiger partial charge in [0.25, 0.3) is 6.02 Å². The van der Waals surface area contributed by atoms with Gasteiger partial charge in [-0.2, -0.15) is 0 Å². The second kappa shape index (κ2) is 4.40. The van der Waals surface area contributed by atoms with Crippen LogP contribution in [0.5, 0.6) is 0 Å². The molecule has 0 bridgehead atoms. The fraction of sp³-hybridized carbons (Fsp3) is 0.200. The third-order valence-corrected chi connectivity index (χ3v) is 2.35. The molecule has 84 valence electrons. The lowest BCUT2D eigenvalue weighted by atomic mass is 10.2. The van der Waals surface area contributed by atoms with E-state index in [1.807, 2.05) is 0 Å². The third kappa shape index (κ3) is 2.25. The Bertz CT molecular complexity index is 459. The number of aromatic carboxylic acids is 1. The Balaban J connectivity index is 2.17. The van der Waals surface area contributed by atoms with Crippen molar-refractivity contribution < 1.29 is 14.6 Å². The molecule has 0 aromatic heterocycles. The first-order valence-electron chi connectivity index (χ1n) is 4.64. The Morgan fingerprint density at radius 3 is 2.94 bits per heavy atom. The van der Waals surface area contributed by atoms with Crippen LogP contribution >= 0.6 is 11.6 Å². The molecule has 6 heteroatoms. The number of halogens is 1. The minimum Gasteiger partial charge on any atom is -0.478 e. The fourth-order valence-electron chi connectivity index (χ4n) is 1.30. The van der Waals surface area contributed by atoms with E-state index in [2.05, 4.69) is 10.3 Å². The Labute approximate surface area is 96.7 Å². The molecule has 0 saturated carbocycles. The normalized spacial score (nSPS) is 14.2. The highest BCUT2D eigenvalue weighted by Crippen LogP contribution is 2.21. The maximum Gasteiger partial charge on any atom is 0.337 e. The SMILES string of the molecule is O=C(O)c1ccc(NC2=NCCO2)cc1Cl. The van der Waals surface area contributed by atoms with Crippen molar-refractivity contribution in [3.05, 3.63) is 28.8 Å². The van der Waals surface area contributed by atoms with Crippen LogP contribution in [0, 0.1) is 0 Å². The first-order chi connectivity index (χ1) is 7.66. The number of carbonyl (C=O) groups is 1. The number of carboxylic acids is 1. The molecular formula is C10H9ClN2O3. The van der Waals surface area contributed by atoms with Crippen molar-refractivity contribution >= 4 is 29.3 Å². The predicted molar refractivity (Wildman–Crippen MR) is 60.3 cm³/mol. The molecule has 0 atom stereocenters.